The first-order valence-electron chi connectivity index (χ1n) is 5.61. The summed E-state index contributed by atoms with van der Waals surface area (Å²) in [5, 5.41) is 10.0. The number of rotatable bonds is 2. The minimum atomic E-state index is -0.688. The maximum absolute atomic E-state index is 13.3. The number of aromatic hydroxyl groups is 1. The lowest BCUT2D eigenvalue weighted by Gasteiger charge is -2.28. The summed E-state index contributed by atoms with van der Waals surface area (Å²) in [6.45, 7) is 1.29. The molecule has 1 aliphatic rings. The third-order valence-corrected chi connectivity index (χ3v) is 3.55. The van der Waals surface area contributed by atoms with Gasteiger partial charge in [-0.25, -0.2) is 4.39 Å². The monoisotopic (exact) mass is 295 g/mol. The van der Waals surface area contributed by atoms with Gasteiger partial charge < -0.3 is 15.6 Å². The molecule has 1 heterocycles. The summed E-state index contributed by atoms with van der Waals surface area (Å²) in [6.07, 6.45) is 1.60. The van der Waals surface area contributed by atoms with Crippen LogP contribution < -0.4 is 5.73 Å². The highest BCUT2D eigenvalue weighted by Crippen LogP contribution is 2.38. The number of nitrogens with two attached hydrogens (primary N) is 1. The molecular formula is C12H16Cl2FNO2. The first kappa shape index (κ1) is 15.5. The summed E-state index contributed by atoms with van der Waals surface area (Å²) in [5.74, 6) is -0.961. The van der Waals surface area contributed by atoms with Crippen molar-refractivity contribution in [3.63, 3.8) is 0 Å². The lowest BCUT2D eigenvalue weighted by Crippen LogP contribution is -2.27. The van der Waals surface area contributed by atoms with E-state index in [1.54, 1.807) is 0 Å². The summed E-state index contributed by atoms with van der Waals surface area (Å²) in [5.41, 5.74) is 6.38. The molecular weight excluding hydrogens is 280 g/mol. The van der Waals surface area contributed by atoms with Gasteiger partial charge in [-0.1, -0.05) is 11.6 Å². The number of benzene rings is 1. The Morgan fingerprint density at radius 2 is 2.00 bits per heavy atom. The van der Waals surface area contributed by atoms with Crippen LogP contribution in [0.2, 0.25) is 5.02 Å². The molecule has 18 heavy (non-hydrogen) atoms. The van der Waals surface area contributed by atoms with E-state index in [4.69, 9.17) is 22.1 Å². The first-order chi connectivity index (χ1) is 8.11. The summed E-state index contributed by atoms with van der Waals surface area (Å²) >= 11 is 5.98. The molecule has 0 unspecified atom stereocenters. The Kier molecular flexibility index (Phi) is 5.66. The molecule has 0 saturated carbocycles. The maximum atomic E-state index is 13.3. The highest BCUT2D eigenvalue weighted by molar-refractivity contribution is 6.31. The Bertz CT molecular complexity index is 411. The second kappa shape index (κ2) is 6.57. The van der Waals surface area contributed by atoms with Crippen molar-refractivity contribution in [3.8, 4) is 5.75 Å². The molecule has 1 aromatic carbocycles. The molecule has 3 nitrogen and oxygen atoms in total. The molecule has 102 valence electrons. The molecule has 3 N–H and O–H groups in total. The fraction of sp³-hybridized carbons (Fsp3) is 0.500. The maximum Gasteiger partial charge on any atom is 0.165 e. The third kappa shape index (κ3) is 3.06. The molecule has 0 aromatic heterocycles. The van der Waals surface area contributed by atoms with E-state index in [0.29, 0.717) is 23.8 Å². The van der Waals surface area contributed by atoms with Crippen LogP contribution in [0.1, 0.15) is 24.4 Å². The van der Waals surface area contributed by atoms with Crippen molar-refractivity contribution in [2.75, 3.05) is 13.2 Å². The topological polar surface area (TPSA) is 55.5 Å². The number of phenolic OH excluding ortho intramolecular Hbond substituents is 1. The van der Waals surface area contributed by atoms with Crippen LogP contribution in [-0.4, -0.2) is 18.3 Å². The van der Waals surface area contributed by atoms with E-state index in [1.165, 1.54) is 6.07 Å². The fourth-order valence-electron chi connectivity index (χ4n) is 2.18. The van der Waals surface area contributed by atoms with E-state index in [1.807, 2.05) is 0 Å². The fourth-order valence-corrected chi connectivity index (χ4v) is 2.46. The Hall–Kier alpha value is -0.550. The molecule has 2 rings (SSSR count). The average molecular weight is 296 g/mol. The predicted molar refractivity (Wildman–Crippen MR) is 70.8 cm³/mol. The normalized spacial score (nSPS) is 18.2. The van der Waals surface area contributed by atoms with Gasteiger partial charge in [-0.05, 0) is 30.9 Å². The average Bonchev–Trinajstić information content (AvgIpc) is 2.35. The van der Waals surface area contributed by atoms with Gasteiger partial charge in [-0.2, -0.15) is 0 Å². The molecule has 1 atom stereocenters. The Morgan fingerprint density at radius 3 is 2.61 bits per heavy atom. The van der Waals surface area contributed by atoms with Crippen LogP contribution in [0.4, 0.5) is 4.39 Å². The zero-order chi connectivity index (χ0) is 12.4. The molecule has 0 aliphatic carbocycles. The van der Waals surface area contributed by atoms with Crippen LogP contribution in [0.25, 0.3) is 0 Å². The van der Waals surface area contributed by atoms with Crippen molar-refractivity contribution in [1.29, 1.82) is 0 Å². The van der Waals surface area contributed by atoms with Gasteiger partial charge in [0.25, 0.3) is 0 Å². The van der Waals surface area contributed by atoms with Gasteiger partial charge in [0, 0.05) is 29.8 Å². The van der Waals surface area contributed by atoms with Gasteiger partial charge in [0.15, 0.2) is 11.6 Å². The third-order valence-electron chi connectivity index (χ3n) is 3.22. The van der Waals surface area contributed by atoms with Gasteiger partial charge in [0.1, 0.15) is 0 Å². The van der Waals surface area contributed by atoms with Crippen molar-refractivity contribution in [2.45, 2.75) is 18.9 Å². The zero-order valence-corrected chi connectivity index (χ0v) is 11.3. The summed E-state index contributed by atoms with van der Waals surface area (Å²) < 4.78 is 18.5. The number of phenols is 1. The van der Waals surface area contributed by atoms with Gasteiger partial charge in [-0.15, -0.1) is 12.4 Å². The summed E-state index contributed by atoms with van der Waals surface area (Å²) in [6, 6.07) is 2.10. The predicted octanol–water partition coefficient (Wildman–Crippen LogP) is 3.03. The van der Waals surface area contributed by atoms with Crippen molar-refractivity contribution in [2.24, 2.45) is 11.7 Å². The van der Waals surface area contributed by atoms with Crippen LogP contribution in [0.5, 0.6) is 5.75 Å². The lowest BCUT2D eigenvalue weighted by molar-refractivity contribution is 0.0580. The van der Waals surface area contributed by atoms with Crippen molar-refractivity contribution < 1.29 is 14.2 Å². The summed E-state index contributed by atoms with van der Waals surface area (Å²) in [7, 11) is 0. The number of halogens is 3. The van der Waals surface area contributed by atoms with Crippen LogP contribution in [0.15, 0.2) is 12.1 Å². The van der Waals surface area contributed by atoms with Crippen LogP contribution in [0.3, 0.4) is 0 Å². The van der Waals surface area contributed by atoms with Crippen molar-refractivity contribution in [1.82, 2.24) is 0 Å². The minimum absolute atomic E-state index is 0. The minimum Gasteiger partial charge on any atom is -0.505 e. The lowest BCUT2D eigenvalue weighted by atomic mass is 9.87. The van der Waals surface area contributed by atoms with E-state index < -0.39 is 17.6 Å². The second-order valence-corrected chi connectivity index (χ2v) is 4.67. The molecule has 0 spiro atoms. The molecule has 1 aromatic rings. The Labute approximate surface area is 116 Å². The quantitative estimate of drug-likeness (QED) is 0.882. The van der Waals surface area contributed by atoms with E-state index in [0.717, 1.165) is 18.9 Å². The zero-order valence-electron chi connectivity index (χ0n) is 9.73. The van der Waals surface area contributed by atoms with Crippen LogP contribution >= 0.6 is 24.0 Å². The Morgan fingerprint density at radius 1 is 1.39 bits per heavy atom. The molecule has 0 radical (unpaired) electrons. The van der Waals surface area contributed by atoms with E-state index in [2.05, 4.69) is 0 Å². The molecule has 1 saturated heterocycles. The smallest absolute Gasteiger partial charge is 0.165 e. The van der Waals surface area contributed by atoms with Gasteiger partial charge in [0.05, 0.1) is 0 Å². The van der Waals surface area contributed by atoms with Gasteiger partial charge in [0.2, 0.25) is 0 Å². The summed E-state index contributed by atoms with van der Waals surface area (Å²) in [4.78, 5) is 0. The number of hydrogen-bond acceptors (Lipinski definition) is 3. The first-order valence-corrected chi connectivity index (χ1v) is 5.99. The van der Waals surface area contributed by atoms with Gasteiger partial charge >= 0.3 is 0 Å². The molecule has 0 amide bonds. The van der Waals surface area contributed by atoms with Gasteiger partial charge in [-0.3, -0.25) is 0 Å². The van der Waals surface area contributed by atoms with Crippen LogP contribution in [0, 0.1) is 11.7 Å². The van der Waals surface area contributed by atoms with Crippen LogP contribution in [-0.2, 0) is 4.74 Å². The largest absolute Gasteiger partial charge is 0.505 e. The SMILES string of the molecule is Cl.N[C@H](c1c(Cl)ccc(F)c1O)C1CCOCC1. The highest BCUT2D eigenvalue weighted by atomic mass is 35.5. The van der Waals surface area contributed by atoms with E-state index in [-0.39, 0.29) is 18.3 Å². The highest BCUT2D eigenvalue weighted by Gasteiger charge is 2.27. The molecule has 6 heteroatoms. The number of hydrogen-bond donors (Lipinski definition) is 2. The molecule has 1 aliphatic heterocycles. The number of ether oxygens (including phenoxy) is 1. The van der Waals surface area contributed by atoms with Crippen molar-refractivity contribution >= 4 is 24.0 Å². The van der Waals surface area contributed by atoms with E-state index in [9.17, 15) is 9.50 Å². The standard InChI is InChI=1S/C12H15ClFNO2.ClH/c13-8-1-2-9(14)12(16)10(8)11(15)7-3-5-17-6-4-7;/h1-2,7,11,16H,3-6,15H2;1H/t11-;/m0./s1. The van der Waals surface area contributed by atoms with Crippen molar-refractivity contribution in [3.05, 3.63) is 28.5 Å². The second-order valence-electron chi connectivity index (χ2n) is 4.27. The van der Waals surface area contributed by atoms with E-state index >= 15 is 0 Å². The molecule has 0 bridgehead atoms. The Balaban J connectivity index is 0.00000162. The molecule has 1 fully saturated rings.